The van der Waals surface area contributed by atoms with Crippen LogP contribution in [0.3, 0.4) is 0 Å². The quantitative estimate of drug-likeness (QED) is 0.593. The van der Waals surface area contributed by atoms with Crippen molar-refractivity contribution in [2.45, 2.75) is 38.4 Å². The van der Waals surface area contributed by atoms with Gasteiger partial charge in [-0.3, -0.25) is 0 Å². The first-order chi connectivity index (χ1) is 10.3. The predicted octanol–water partition coefficient (Wildman–Crippen LogP) is 5.34. The summed E-state index contributed by atoms with van der Waals surface area (Å²) in [6.45, 7) is 5.97. The van der Waals surface area contributed by atoms with E-state index >= 15 is 0 Å². The Morgan fingerprint density at radius 2 is 1.62 bits per heavy atom. The van der Waals surface area contributed by atoms with E-state index in [1.165, 1.54) is 11.1 Å². The Labute approximate surface area is 128 Å². The first-order valence-electron chi connectivity index (χ1n) is 7.65. The van der Waals surface area contributed by atoms with Crippen LogP contribution < -0.4 is 0 Å². The first-order valence-corrected chi connectivity index (χ1v) is 7.65. The van der Waals surface area contributed by atoms with E-state index in [-0.39, 0.29) is 12.2 Å². The fraction of sp³-hybridized carbons (Fsp3) is 0.300. The van der Waals surface area contributed by atoms with Gasteiger partial charge in [-0.25, -0.2) is 0 Å². The molecule has 1 heteroatoms. The highest BCUT2D eigenvalue weighted by Gasteiger charge is 2.13. The van der Waals surface area contributed by atoms with Gasteiger partial charge in [0.2, 0.25) is 0 Å². The van der Waals surface area contributed by atoms with Gasteiger partial charge in [-0.2, -0.15) is 0 Å². The van der Waals surface area contributed by atoms with Crippen molar-refractivity contribution < 1.29 is 4.74 Å². The number of ether oxygens (including phenoxy) is 1. The van der Waals surface area contributed by atoms with Crippen LogP contribution in [0.1, 0.15) is 37.0 Å². The highest BCUT2D eigenvalue weighted by Crippen LogP contribution is 2.22. The van der Waals surface area contributed by atoms with Gasteiger partial charge < -0.3 is 4.74 Å². The SMILES string of the molecule is C=CC[C@H](CCc1ccccc1)O[C@H](C)c1ccccc1. The molecule has 0 radical (unpaired) electrons. The molecule has 0 fully saturated rings. The Balaban J connectivity index is 1.91. The van der Waals surface area contributed by atoms with Crippen molar-refractivity contribution in [3.05, 3.63) is 84.4 Å². The maximum atomic E-state index is 6.23. The van der Waals surface area contributed by atoms with Crippen LogP contribution in [0.15, 0.2) is 73.3 Å². The minimum atomic E-state index is 0.118. The lowest BCUT2D eigenvalue weighted by Gasteiger charge is -2.22. The molecular formula is C20H24O. The zero-order chi connectivity index (χ0) is 14.9. The third-order valence-electron chi connectivity index (χ3n) is 3.69. The molecule has 2 atom stereocenters. The van der Waals surface area contributed by atoms with Crippen LogP contribution >= 0.6 is 0 Å². The zero-order valence-corrected chi connectivity index (χ0v) is 12.7. The van der Waals surface area contributed by atoms with Crippen LogP contribution in [0.4, 0.5) is 0 Å². The van der Waals surface area contributed by atoms with Gasteiger partial charge in [-0.1, -0.05) is 66.7 Å². The Kier molecular flexibility index (Phi) is 6.23. The summed E-state index contributed by atoms with van der Waals surface area (Å²) in [5.41, 5.74) is 2.59. The van der Waals surface area contributed by atoms with Crippen molar-refractivity contribution >= 4 is 0 Å². The summed E-state index contributed by atoms with van der Waals surface area (Å²) in [4.78, 5) is 0. The summed E-state index contributed by atoms with van der Waals surface area (Å²) in [7, 11) is 0. The topological polar surface area (TPSA) is 9.23 Å². The van der Waals surface area contributed by atoms with Crippen molar-refractivity contribution in [2.24, 2.45) is 0 Å². The van der Waals surface area contributed by atoms with Gasteiger partial charge in [0.15, 0.2) is 0 Å². The lowest BCUT2D eigenvalue weighted by molar-refractivity contribution is -0.00582. The van der Waals surface area contributed by atoms with Crippen LogP contribution in [0.25, 0.3) is 0 Å². The van der Waals surface area contributed by atoms with Gasteiger partial charge in [-0.05, 0) is 37.3 Å². The molecule has 0 saturated heterocycles. The molecule has 0 aliphatic rings. The van der Waals surface area contributed by atoms with Gasteiger partial charge in [0.25, 0.3) is 0 Å². The van der Waals surface area contributed by atoms with Gasteiger partial charge >= 0.3 is 0 Å². The van der Waals surface area contributed by atoms with E-state index in [1.807, 2.05) is 12.1 Å². The molecule has 2 aromatic carbocycles. The normalized spacial score (nSPS) is 13.6. The molecular weight excluding hydrogens is 256 g/mol. The van der Waals surface area contributed by atoms with Crippen molar-refractivity contribution in [3.63, 3.8) is 0 Å². The Bertz CT molecular complexity index is 518. The lowest BCUT2D eigenvalue weighted by Crippen LogP contribution is -2.16. The molecule has 1 nitrogen and oxygen atoms in total. The van der Waals surface area contributed by atoms with Gasteiger partial charge in [0, 0.05) is 0 Å². The molecule has 21 heavy (non-hydrogen) atoms. The van der Waals surface area contributed by atoms with Crippen molar-refractivity contribution in [3.8, 4) is 0 Å². The third-order valence-corrected chi connectivity index (χ3v) is 3.69. The van der Waals surface area contributed by atoms with E-state index in [9.17, 15) is 0 Å². The minimum Gasteiger partial charge on any atom is -0.370 e. The van der Waals surface area contributed by atoms with Crippen molar-refractivity contribution in [1.29, 1.82) is 0 Å². The van der Waals surface area contributed by atoms with Gasteiger partial charge in [0.1, 0.15) is 0 Å². The molecule has 0 heterocycles. The maximum Gasteiger partial charge on any atom is 0.0800 e. The highest BCUT2D eigenvalue weighted by atomic mass is 16.5. The molecule has 0 aliphatic heterocycles. The molecule has 110 valence electrons. The van der Waals surface area contributed by atoms with Gasteiger partial charge in [0.05, 0.1) is 12.2 Å². The molecule has 0 N–H and O–H groups in total. The molecule has 0 aromatic heterocycles. The second-order valence-corrected chi connectivity index (χ2v) is 5.36. The molecule has 2 rings (SSSR count). The van der Waals surface area contributed by atoms with Crippen LogP contribution in [0.2, 0.25) is 0 Å². The second-order valence-electron chi connectivity index (χ2n) is 5.36. The fourth-order valence-corrected chi connectivity index (χ4v) is 2.49. The van der Waals surface area contributed by atoms with E-state index in [4.69, 9.17) is 4.74 Å². The molecule has 0 amide bonds. The summed E-state index contributed by atoms with van der Waals surface area (Å²) < 4.78 is 6.23. The molecule has 0 spiro atoms. The number of benzene rings is 2. The Morgan fingerprint density at radius 3 is 2.24 bits per heavy atom. The van der Waals surface area contributed by atoms with Crippen LogP contribution in [-0.2, 0) is 11.2 Å². The van der Waals surface area contributed by atoms with Crippen LogP contribution in [-0.4, -0.2) is 6.10 Å². The minimum absolute atomic E-state index is 0.118. The van der Waals surface area contributed by atoms with E-state index in [1.54, 1.807) is 0 Å². The first kappa shape index (κ1) is 15.5. The van der Waals surface area contributed by atoms with E-state index in [2.05, 4.69) is 68.1 Å². The van der Waals surface area contributed by atoms with Crippen molar-refractivity contribution in [1.82, 2.24) is 0 Å². The number of aryl methyl sites for hydroxylation is 1. The van der Waals surface area contributed by atoms with E-state index < -0.39 is 0 Å². The van der Waals surface area contributed by atoms with Crippen LogP contribution in [0.5, 0.6) is 0 Å². The zero-order valence-electron chi connectivity index (χ0n) is 12.7. The second kappa shape index (κ2) is 8.43. The number of hydrogen-bond donors (Lipinski definition) is 0. The molecule has 0 bridgehead atoms. The van der Waals surface area contributed by atoms with Crippen molar-refractivity contribution in [2.75, 3.05) is 0 Å². The fourth-order valence-electron chi connectivity index (χ4n) is 2.49. The van der Waals surface area contributed by atoms with E-state index in [0.29, 0.717) is 0 Å². The largest absolute Gasteiger partial charge is 0.370 e. The average molecular weight is 280 g/mol. The maximum absolute atomic E-state index is 6.23. The number of rotatable bonds is 8. The smallest absolute Gasteiger partial charge is 0.0800 e. The molecule has 0 saturated carbocycles. The monoisotopic (exact) mass is 280 g/mol. The predicted molar refractivity (Wildman–Crippen MR) is 89.3 cm³/mol. The molecule has 2 aromatic rings. The summed E-state index contributed by atoms with van der Waals surface area (Å²) >= 11 is 0. The molecule has 0 unspecified atom stereocenters. The summed E-state index contributed by atoms with van der Waals surface area (Å²) in [5, 5.41) is 0. The van der Waals surface area contributed by atoms with E-state index in [0.717, 1.165) is 19.3 Å². The number of hydrogen-bond acceptors (Lipinski definition) is 1. The highest BCUT2D eigenvalue weighted by molar-refractivity contribution is 5.17. The average Bonchev–Trinajstić information content (AvgIpc) is 2.54. The Hall–Kier alpha value is -1.86. The molecule has 0 aliphatic carbocycles. The summed E-state index contributed by atoms with van der Waals surface area (Å²) in [5.74, 6) is 0. The summed E-state index contributed by atoms with van der Waals surface area (Å²) in [6.07, 6.45) is 5.25. The Morgan fingerprint density at radius 1 is 1.00 bits per heavy atom. The summed E-state index contributed by atoms with van der Waals surface area (Å²) in [6, 6.07) is 21.0. The third kappa shape index (κ3) is 5.20. The van der Waals surface area contributed by atoms with Gasteiger partial charge in [-0.15, -0.1) is 6.58 Å². The lowest BCUT2D eigenvalue weighted by atomic mass is 10.0. The standard InChI is InChI=1S/C20H24O/c1-3-10-20(16-15-18-11-6-4-7-12-18)21-17(2)19-13-8-5-9-14-19/h3-9,11-14,17,20H,1,10,15-16H2,2H3/t17-,20-/m1/s1. The van der Waals surface area contributed by atoms with Crippen LogP contribution in [0, 0.1) is 0 Å².